The van der Waals surface area contributed by atoms with Crippen LogP contribution in [0.3, 0.4) is 0 Å². The summed E-state index contributed by atoms with van der Waals surface area (Å²) in [6, 6.07) is 0. The van der Waals surface area contributed by atoms with Crippen molar-refractivity contribution in [2.75, 3.05) is 65.9 Å². The fourth-order valence-electron chi connectivity index (χ4n) is 5.49. The summed E-state index contributed by atoms with van der Waals surface area (Å²) in [6.07, 6.45) is 17.5. The number of carbonyl (C=O) groups excluding carboxylic acids is 4. The van der Waals surface area contributed by atoms with E-state index in [0.29, 0.717) is 72.0 Å². The first-order chi connectivity index (χ1) is 25.6. The molecule has 0 aliphatic carbocycles. The van der Waals surface area contributed by atoms with Crippen LogP contribution in [0.25, 0.3) is 0 Å². The van der Waals surface area contributed by atoms with Gasteiger partial charge in [-0.15, -0.1) is 0 Å². The molecule has 0 fully saturated rings. The van der Waals surface area contributed by atoms with Crippen LogP contribution in [0.1, 0.15) is 142 Å². The minimum Gasteiger partial charge on any atom is -0.481 e. The van der Waals surface area contributed by atoms with Gasteiger partial charge < -0.3 is 39.8 Å². The van der Waals surface area contributed by atoms with Gasteiger partial charge in [-0.3, -0.25) is 28.8 Å². The van der Waals surface area contributed by atoms with E-state index in [-0.39, 0.29) is 62.3 Å². The average molecular weight is 759 g/mol. The Labute approximate surface area is 317 Å². The van der Waals surface area contributed by atoms with Gasteiger partial charge in [0.15, 0.2) is 5.78 Å². The number of nitrogens with one attached hydrogen (secondary N) is 2. The van der Waals surface area contributed by atoms with E-state index >= 15 is 0 Å². The normalized spacial score (nSPS) is 11.6. The molecule has 0 aromatic rings. The van der Waals surface area contributed by atoms with E-state index in [0.717, 1.165) is 44.9 Å². The summed E-state index contributed by atoms with van der Waals surface area (Å²) in [4.78, 5) is 69.0. The second kappa shape index (κ2) is 37.4. The third kappa shape index (κ3) is 38.6. The summed E-state index contributed by atoms with van der Waals surface area (Å²) < 4.78 is 21.3. The predicted octanol–water partition coefficient (Wildman–Crippen LogP) is 5.42. The fourth-order valence-corrected chi connectivity index (χ4v) is 5.49. The lowest BCUT2D eigenvalue weighted by molar-refractivity contribution is -0.144. The molecule has 0 saturated heterocycles. The molecule has 0 rings (SSSR count). The Morgan fingerprint density at radius 3 is 1.38 bits per heavy atom. The molecule has 0 radical (unpaired) electrons. The molecule has 0 heterocycles. The molecular formula is C39H70N2O12. The Kier molecular flexibility index (Phi) is 35.3. The lowest BCUT2D eigenvalue weighted by Crippen LogP contribution is -2.29. The lowest BCUT2D eigenvalue weighted by atomic mass is 9.94. The van der Waals surface area contributed by atoms with Gasteiger partial charge in [-0.05, 0) is 39.0 Å². The van der Waals surface area contributed by atoms with Gasteiger partial charge in [-0.25, -0.2) is 0 Å². The molecule has 14 nitrogen and oxygen atoms in total. The van der Waals surface area contributed by atoms with Crippen molar-refractivity contribution in [2.45, 2.75) is 142 Å². The van der Waals surface area contributed by atoms with Crippen molar-refractivity contribution in [1.82, 2.24) is 10.6 Å². The standard InChI is InChI=1S/C39H70N2O12/c1-33(42)31-53-32-37(45)41-23-17-25-51-27-29-52-28-26-50-24-16-22-40-36(44)21-20-34(39(48)49)30-35(43)18-14-12-10-8-6-4-2-3-5-7-9-11-13-15-19-38(46)47/h34H,2-32H2,1H3,(H,40,44)(H,41,45)(H,46,47)(H,48,49)/t34-/m0/s1. The zero-order valence-electron chi connectivity index (χ0n) is 32.5. The topological polar surface area (TPSA) is 204 Å². The van der Waals surface area contributed by atoms with Crippen molar-refractivity contribution >= 4 is 35.3 Å². The molecule has 308 valence electrons. The number of hydrogen-bond donors (Lipinski definition) is 4. The summed E-state index contributed by atoms with van der Waals surface area (Å²) >= 11 is 0. The molecule has 0 aliphatic heterocycles. The Balaban J connectivity index is 3.60. The number of aliphatic carboxylic acids is 2. The van der Waals surface area contributed by atoms with Crippen molar-refractivity contribution in [2.24, 2.45) is 5.92 Å². The Hall–Kier alpha value is -2.94. The van der Waals surface area contributed by atoms with Gasteiger partial charge >= 0.3 is 11.9 Å². The van der Waals surface area contributed by atoms with E-state index < -0.39 is 17.9 Å². The zero-order valence-corrected chi connectivity index (χ0v) is 32.5. The molecule has 53 heavy (non-hydrogen) atoms. The molecule has 14 heteroatoms. The number of carboxylic acids is 2. The molecule has 0 spiro atoms. The van der Waals surface area contributed by atoms with Crippen LogP contribution in [-0.2, 0) is 47.7 Å². The maximum Gasteiger partial charge on any atom is 0.306 e. The highest BCUT2D eigenvalue weighted by Crippen LogP contribution is 2.17. The van der Waals surface area contributed by atoms with Crippen molar-refractivity contribution < 1.29 is 57.9 Å². The average Bonchev–Trinajstić information content (AvgIpc) is 3.11. The molecule has 0 saturated carbocycles. The first kappa shape index (κ1) is 50.1. The van der Waals surface area contributed by atoms with Crippen LogP contribution >= 0.6 is 0 Å². The van der Waals surface area contributed by atoms with Crippen LogP contribution in [0, 0.1) is 5.92 Å². The lowest BCUT2D eigenvalue weighted by Gasteiger charge is -2.12. The largest absolute Gasteiger partial charge is 0.481 e. The number of unbranched alkanes of at least 4 members (excludes halogenated alkanes) is 13. The van der Waals surface area contributed by atoms with Crippen LogP contribution in [0.15, 0.2) is 0 Å². The quantitative estimate of drug-likeness (QED) is 0.0578. The number of carboxylic acid groups (broad SMARTS) is 2. The van der Waals surface area contributed by atoms with Gasteiger partial charge in [0.25, 0.3) is 0 Å². The second-order valence-corrected chi connectivity index (χ2v) is 13.6. The van der Waals surface area contributed by atoms with Crippen LogP contribution in [0.4, 0.5) is 0 Å². The number of ketones is 2. The summed E-state index contributed by atoms with van der Waals surface area (Å²) in [5.41, 5.74) is 0. The van der Waals surface area contributed by atoms with E-state index in [4.69, 9.17) is 24.1 Å². The third-order valence-corrected chi connectivity index (χ3v) is 8.50. The second-order valence-electron chi connectivity index (χ2n) is 13.6. The fraction of sp³-hybridized carbons (Fsp3) is 0.846. The van der Waals surface area contributed by atoms with Gasteiger partial charge in [0, 0.05) is 52.0 Å². The smallest absolute Gasteiger partial charge is 0.306 e. The minimum atomic E-state index is -1.04. The van der Waals surface area contributed by atoms with Crippen LogP contribution in [-0.4, -0.2) is 111 Å². The third-order valence-electron chi connectivity index (χ3n) is 8.50. The minimum absolute atomic E-state index is 0.0341. The van der Waals surface area contributed by atoms with Crippen LogP contribution in [0.5, 0.6) is 0 Å². The summed E-state index contributed by atoms with van der Waals surface area (Å²) in [5, 5.41) is 23.7. The maximum atomic E-state index is 12.4. The summed E-state index contributed by atoms with van der Waals surface area (Å²) in [6.45, 7) is 4.61. The number of Topliss-reactive ketones (excluding diaryl/α,β-unsaturated/α-hetero) is 2. The molecule has 2 amide bonds. The maximum absolute atomic E-state index is 12.4. The van der Waals surface area contributed by atoms with E-state index in [2.05, 4.69) is 10.6 Å². The van der Waals surface area contributed by atoms with Gasteiger partial charge in [0.2, 0.25) is 11.8 Å². The number of ether oxygens (including phenoxy) is 4. The van der Waals surface area contributed by atoms with Crippen molar-refractivity contribution in [3.05, 3.63) is 0 Å². The molecule has 1 atom stereocenters. The molecular weight excluding hydrogens is 688 g/mol. The van der Waals surface area contributed by atoms with E-state index in [1.165, 1.54) is 51.9 Å². The summed E-state index contributed by atoms with van der Waals surface area (Å²) in [5.74, 6) is -3.30. The highest BCUT2D eigenvalue weighted by atomic mass is 16.5. The Morgan fingerprint density at radius 1 is 0.491 bits per heavy atom. The van der Waals surface area contributed by atoms with Crippen molar-refractivity contribution in [1.29, 1.82) is 0 Å². The Bertz CT molecular complexity index is 978. The monoisotopic (exact) mass is 758 g/mol. The number of rotatable bonds is 41. The number of carbonyl (C=O) groups is 6. The zero-order chi connectivity index (χ0) is 39.2. The molecule has 0 aromatic heterocycles. The summed E-state index contributed by atoms with van der Waals surface area (Å²) in [7, 11) is 0. The van der Waals surface area contributed by atoms with E-state index in [1.807, 2.05) is 0 Å². The van der Waals surface area contributed by atoms with Crippen LogP contribution in [0.2, 0.25) is 0 Å². The molecule has 4 N–H and O–H groups in total. The van der Waals surface area contributed by atoms with E-state index in [9.17, 15) is 33.9 Å². The predicted molar refractivity (Wildman–Crippen MR) is 201 cm³/mol. The highest BCUT2D eigenvalue weighted by molar-refractivity contribution is 5.84. The van der Waals surface area contributed by atoms with Crippen LogP contribution < -0.4 is 10.6 Å². The molecule has 0 unspecified atom stereocenters. The molecule has 0 bridgehead atoms. The number of amides is 2. The number of hydrogen-bond acceptors (Lipinski definition) is 10. The van der Waals surface area contributed by atoms with Gasteiger partial charge in [0.1, 0.15) is 19.0 Å². The van der Waals surface area contributed by atoms with Gasteiger partial charge in [-0.1, -0.05) is 77.0 Å². The Morgan fingerprint density at radius 2 is 0.925 bits per heavy atom. The van der Waals surface area contributed by atoms with E-state index in [1.54, 1.807) is 0 Å². The first-order valence-corrected chi connectivity index (χ1v) is 19.9. The molecule has 0 aliphatic rings. The molecule has 0 aromatic carbocycles. The highest BCUT2D eigenvalue weighted by Gasteiger charge is 2.22. The first-order valence-electron chi connectivity index (χ1n) is 19.9. The van der Waals surface area contributed by atoms with Crippen molar-refractivity contribution in [3.63, 3.8) is 0 Å². The van der Waals surface area contributed by atoms with Gasteiger partial charge in [0.05, 0.1) is 32.3 Å². The SMILES string of the molecule is CC(=O)COCC(=O)NCCCOCCOCCOCCCNC(=O)CC[C@@H](CC(=O)CCCCCCCCCCCCCCCCC(=O)O)C(=O)O. The van der Waals surface area contributed by atoms with Crippen molar-refractivity contribution in [3.8, 4) is 0 Å². The van der Waals surface area contributed by atoms with Gasteiger partial charge in [-0.2, -0.15) is 0 Å².